The Kier molecular flexibility index (Phi) is 12.3. The van der Waals surface area contributed by atoms with Gasteiger partial charge in [0.15, 0.2) is 0 Å². The predicted octanol–water partition coefficient (Wildman–Crippen LogP) is 6.52. The van der Waals surface area contributed by atoms with Crippen LogP contribution in [0.1, 0.15) is 62.2 Å². The Hall–Kier alpha value is -3.49. The number of anilines is 1. The van der Waals surface area contributed by atoms with Gasteiger partial charge >= 0.3 is 0 Å². The minimum Gasteiger partial charge on any atom is -0.349 e. The number of carbonyl (C=O) groups excluding carboxylic acids is 2. The standard InChI is InChI=1S/C34H45N3O4S/c1-5-6-7-8-9-13-25-42(40,41)36-32-22-21-30(29-19-17-28(18-20-29)27-15-11-10-12-16-27)26-31(32)33(38)34(39)35-23-14-24-37(2,3)4/h10-12,15-22,26H,5-9,13-14,23-25H2,1-4H3,(H-,35,36,38,39)/p+1. The van der Waals surface area contributed by atoms with Gasteiger partial charge in [-0.05, 0) is 40.8 Å². The van der Waals surface area contributed by atoms with Gasteiger partial charge < -0.3 is 9.80 Å². The third-order valence-corrected chi connectivity index (χ3v) is 8.48. The quantitative estimate of drug-likeness (QED) is 0.0808. The normalized spacial score (nSPS) is 11.7. The largest absolute Gasteiger partial charge is 0.349 e. The summed E-state index contributed by atoms with van der Waals surface area (Å²) in [6.45, 7) is 3.34. The van der Waals surface area contributed by atoms with Crippen LogP contribution in [-0.2, 0) is 14.8 Å². The molecule has 3 rings (SSSR count). The molecular formula is C34H46N3O4S+. The van der Waals surface area contributed by atoms with Gasteiger partial charge in [0.1, 0.15) is 0 Å². The van der Waals surface area contributed by atoms with E-state index >= 15 is 0 Å². The van der Waals surface area contributed by atoms with Gasteiger partial charge in [0, 0.05) is 13.0 Å². The molecule has 0 fully saturated rings. The fraction of sp³-hybridized carbons (Fsp3) is 0.412. The number of unbranched alkanes of at least 4 members (excludes halogenated alkanes) is 5. The minimum atomic E-state index is -3.70. The van der Waals surface area contributed by atoms with E-state index in [1.165, 1.54) is 0 Å². The zero-order chi connectivity index (χ0) is 30.6. The Morgan fingerprint density at radius 2 is 1.29 bits per heavy atom. The maximum absolute atomic E-state index is 13.4. The predicted molar refractivity (Wildman–Crippen MR) is 173 cm³/mol. The zero-order valence-corrected chi connectivity index (χ0v) is 26.3. The minimum absolute atomic E-state index is 0.0350. The second-order valence-electron chi connectivity index (χ2n) is 11.8. The number of Topliss-reactive ketones (excluding diaryl/α,β-unsaturated/α-hetero) is 1. The molecule has 3 aromatic carbocycles. The van der Waals surface area contributed by atoms with Gasteiger partial charge in [-0.2, -0.15) is 0 Å². The Labute approximate surface area is 252 Å². The van der Waals surface area contributed by atoms with Crippen molar-refractivity contribution in [3.63, 3.8) is 0 Å². The molecule has 0 saturated carbocycles. The van der Waals surface area contributed by atoms with Gasteiger partial charge in [0.05, 0.1) is 44.7 Å². The van der Waals surface area contributed by atoms with Crippen LogP contribution in [0.3, 0.4) is 0 Å². The summed E-state index contributed by atoms with van der Waals surface area (Å²) in [6, 6.07) is 22.9. The van der Waals surface area contributed by atoms with E-state index in [-0.39, 0.29) is 17.0 Å². The first-order valence-corrected chi connectivity index (χ1v) is 16.6. The zero-order valence-electron chi connectivity index (χ0n) is 25.5. The number of ketones is 1. The van der Waals surface area contributed by atoms with Crippen molar-refractivity contribution in [3.05, 3.63) is 78.4 Å². The van der Waals surface area contributed by atoms with Crippen molar-refractivity contribution in [2.24, 2.45) is 0 Å². The van der Waals surface area contributed by atoms with E-state index in [2.05, 4.69) is 38.1 Å². The van der Waals surface area contributed by atoms with Crippen LogP contribution >= 0.6 is 0 Å². The van der Waals surface area contributed by atoms with Crippen LogP contribution in [0.25, 0.3) is 22.3 Å². The molecule has 0 atom stereocenters. The summed E-state index contributed by atoms with van der Waals surface area (Å²) < 4.78 is 29.2. The molecule has 0 aliphatic rings. The van der Waals surface area contributed by atoms with E-state index in [1.807, 2.05) is 54.6 Å². The van der Waals surface area contributed by atoms with Crippen LogP contribution in [0.4, 0.5) is 5.69 Å². The van der Waals surface area contributed by atoms with Crippen molar-refractivity contribution < 1.29 is 22.5 Å². The molecule has 0 aliphatic heterocycles. The molecule has 226 valence electrons. The van der Waals surface area contributed by atoms with Gasteiger partial charge in [-0.15, -0.1) is 0 Å². The number of hydrogen-bond acceptors (Lipinski definition) is 4. The van der Waals surface area contributed by atoms with Crippen molar-refractivity contribution >= 4 is 27.4 Å². The Bertz CT molecular complexity index is 1410. The summed E-state index contributed by atoms with van der Waals surface area (Å²) in [5.74, 6) is -1.54. The summed E-state index contributed by atoms with van der Waals surface area (Å²) >= 11 is 0. The molecule has 3 aromatic rings. The van der Waals surface area contributed by atoms with Gasteiger partial charge in [-0.1, -0.05) is 99.7 Å². The second kappa shape index (κ2) is 15.7. The molecule has 0 saturated heterocycles. The van der Waals surface area contributed by atoms with Crippen LogP contribution < -0.4 is 10.0 Å². The van der Waals surface area contributed by atoms with Crippen LogP contribution in [0.2, 0.25) is 0 Å². The molecule has 0 spiro atoms. The lowest BCUT2D eigenvalue weighted by molar-refractivity contribution is -0.870. The van der Waals surface area contributed by atoms with Gasteiger partial charge in [0.25, 0.3) is 11.7 Å². The molecule has 0 radical (unpaired) electrons. The average Bonchev–Trinajstić information content (AvgIpc) is 2.97. The number of sulfonamides is 1. The number of hydrogen-bond donors (Lipinski definition) is 2. The SMILES string of the molecule is CCCCCCCCS(=O)(=O)Nc1ccc(-c2ccc(-c3ccccc3)cc2)cc1C(=O)C(=O)NCCC[N+](C)(C)C. The summed E-state index contributed by atoms with van der Waals surface area (Å²) in [4.78, 5) is 26.3. The average molecular weight is 593 g/mol. The van der Waals surface area contributed by atoms with Gasteiger partial charge in [0.2, 0.25) is 10.0 Å². The first-order chi connectivity index (χ1) is 20.0. The number of carbonyl (C=O) groups is 2. The highest BCUT2D eigenvalue weighted by molar-refractivity contribution is 7.92. The summed E-state index contributed by atoms with van der Waals surface area (Å²) in [7, 11) is 2.50. The number of nitrogens with zero attached hydrogens (tertiary/aromatic N) is 1. The monoisotopic (exact) mass is 592 g/mol. The molecular weight excluding hydrogens is 546 g/mol. The molecule has 42 heavy (non-hydrogen) atoms. The highest BCUT2D eigenvalue weighted by Gasteiger charge is 2.23. The van der Waals surface area contributed by atoms with E-state index in [9.17, 15) is 18.0 Å². The fourth-order valence-corrected chi connectivity index (χ4v) is 5.93. The lowest BCUT2D eigenvalue weighted by Gasteiger charge is -2.23. The highest BCUT2D eigenvalue weighted by atomic mass is 32.2. The summed E-state index contributed by atoms with van der Waals surface area (Å²) in [6.07, 6.45) is 6.47. The van der Waals surface area contributed by atoms with Gasteiger partial charge in [-0.3, -0.25) is 14.3 Å². The smallest absolute Gasteiger partial charge is 0.292 e. The second-order valence-corrected chi connectivity index (χ2v) is 13.7. The van der Waals surface area contributed by atoms with Crippen LogP contribution in [0, 0.1) is 0 Å². The molecule has 0 aliphatic carbocycles. The highest BCUT2D eigenvalue weighted by Crippen LogP contribution is 2.29. The van der Waals surface area contributed by atoms with E-state index in [1.54, 1.807) is 18.2 Å². The van der Waals surface area contributed by atoms with Crippen molar-refractivity contribution in [1.29, 1.82) is 0 Å². The third-order valence-electron chi connectivity index (χ3n) is 7.12. The number of benzene rings is 3. The topological polar surface area (TPSA) is 92.3 Å². The third kappa shape index (κ3) is 10.7. The lowest BCUT2D eigenvalue weighted by atomic mass is 9.97. The van der Waals surface area contributed by atoms with Crippen molar-refractivity contribution in [2.75, 3.05) is 44.7 Å². The molecule has 0 unspecified atom stereocenters. The molecule has 0 heterocycles. The maximum Gasteiger partial charge on any atom is 0.292 e. The molecule has 1 amide bonds. The van der Waals surface area contributed by atoms with E-state index in [0.717, 1.165) is 65.4 Å². The lowest BCUT2D eigenvalue weighted by Crippen LogP contribution is -2.38. The van der Waals surface area contributed by atoms with Crippen molar-refractivity contribution in [2.45, 2.75) is 51.9 Å². The van der Waals surface area contributed by atoms with Crippen molar-refractivity contribution in [3.8, 4) is 22.3 Å². The Balaban J connectivity index is 1.81. The van der Waals surface area contributed by atoms with E-state index < -0.39 is 21.7 Å². The molecule has 7 nitrogen and oxygen atoms in total. The molecule has 2 N–H and O–H groups in total. The van der Waals surface area contributed by atoms with Crippen LogP contribution in [-0.4, -0.2) is 64.6 Å². The Morgan fingerprint density at radius 1 is 0.714 bits per heavy atom. The summed E-state index contributed by atoms with van der Waals surface area (Å²) in [5, 5.41) is 2.71. The number of quaternary nitrogens is 1. The van der Waals surface area contributed by atoms with E-state index in [0.29, 0.717) is 19.4 Å². The molecule has 0 bridgehead atoms. The number of amides is 1. The fourth-order valence-electron chi connectivity index (χ4n) is 4.74. The number of nitrogens with one attached hydrogen (secondary N) is 2. The molecule has 0 aromatic heterocycles. The summed E-state index contributed by atoms with van der Waals surface area (Å²) in [5.41, 5.74) is 3.88. The maximum atomic E-state index is 13.4. The first-order valence-electron chi connectivity index (χ1n) is 14.9. The number of rotatable bonds is 17. The first kappa shape index (κ1) is 33.0. The Morgan fingerprint density at radius 3 is 1.93 bits per heavy atom. The van der Waals surface area contributed by atoms with Crippen LogP contribution in [0.5, 0.6) is 0 Å². The van der Waals surface area contributed by atoms with E-state index in [4.69, 9.17) is 0 Å². The van der Waals surface area contributed by atoms with Gasteiger partial charge in [-0.25, -0.2) is 8.42 Å². The van der Waals surface area contributed by atoms with Crippen molar-refractivity contribution in [1.82, 2.24) is 5.32 Å². The molecule has 8 heteroatoms. The van der Waals surface area contributed by atoms with Crippen LogP contribution in [0.15, 0.2) is 72.8 Å².